The van der Waals surface area contributed by atoms with Gasteiger partial charge in [0.15, 0.2) is 0 Å². The summed E-state index contributed by atoms with van der Waals surface area (Å²) in [7, 11) is 0. The Bertz CT molecular complexity index is 903. The summed E-state index contributed by atoms with van der Waals surface area (Å²) in [6.07, 6.45) is 3.28. The summed E-state index contributed by atoms with van der Waals surface area (Å²) in [5, 5.41) is 25.2. The van der Waals surface area contributed by atoms with Crippen LogP contribution in [0, 0.1) is 11.8 Å². The Morgan fingerprint density at radius 3 is 2.86 bits per heavy atom. The number of carbonyl (C=O) groups is 2. The molecule has 1 aliphatic rings. The van der Waals surface area contributed by atoms with Gasteiger partial charge in [-0.2, -0.15) is 4.98 Å². The molecule has 2 aromatic heterocycles. The molecule has 0 aromatic carbocycles. The van der Waals surface area contributed by atoms with Crippen molar-refractivity contribution in [3.05, 3.63) is 35.5 Å². The van der Waals surface area contributed by atoms with Crippen molar-refractivity contribution in [1.29, 1.82) is 0 Å². The van der Waals surface area contributed by atoms with Gasteiger partial charge in [-0.25, -0.2) is 9.78 Å². The molecule has 0 fully saturated rings. The van der Waals surface area contributed by atoms with E-state index in [9.17, 15) is 19.8 Å². The zero-order chi connectivity index (χ0) is 20.3. The number of amides is 1. The molecule has 9 heteroatoms. The monoisotopic (exact) mass is 386 g/mol. The van der Waals surface area contributed by atoms with Crippen LogP contribution in [0.2, 0.25) is 0 Å². The molecule has 3 rings (SSSR count). The third kappa shape index (κ3) is 4.54. The molecule has 148 valence electrons. The van der Waals surface area contributed by atoms with E-state index in [4.69, 9.17) is 4.52 Å². The highest BCUT2D eigenvalue weighted by Gasteiger charge is 2.26. The molecule has 2 aromatic rings. The fourth-order valence-electron chi connectivity index (χ4n) is 3.06. The van der Waals surface area contributed by atoms with Gasteiger partial charge in [0.25, 0.3) is 0 Å². The third-order valence-corrected chi connectivity index (χ3v) is 4.71. The van der Waals surface area contributed by atoms with E-state index in [1.165, 1.54) is 12.3 Å². The lowest BCUT2D eigenvalue weighted by molar-refractivity contribution is -0.133. The van der Waals surface area contributed by atoms with Gasteiger partial charge in [-0.3, -0.25) is 4.79 Å². The summed E-state index contributed by atoms with van der Waals surface area (Å²) < 4.78 is 5.19. The lowest BCUT2D eigenvalue weighted by Gasteiger charge is -2.24. The van der Waals surface area contributed by atoms with Gasteiger partial charge >= 0.3 is 5.97 Å². The summed E-state index contributed by atoms with van der Waals surface area (Å²) in [6.45, 7) is 3.75. The average Bonchev–Trinajstić information content (AvgIpc) is 3.10. The van der Waals surface area contributed by atoms with Gasteiger partial charge in [-0.1, -0.05) is 19.0 Å². The number of aromatic nitrogens is 3. The highest BCUT2D eigenvalue weighted by atomic mass is 16.5. The van der Waals surface area contributed by atoms with E-state index in [1.807, 2.05) is 6.92 Å². The van der Waals surface area contributed by atoms with Crippen LogP contribution in [-0.2, 0) is 16.0 Å². The molecule has 2 atom stereocenters. The second-order valence-corrected chi connectivity index (χ2v) is 7.12. The Kier molecular flexibility index (Phi) is 5.72. The molecule has 0 bridgehead atoms. The minimum absolute atomic E-state index is 0.0322. The Hall–Kier alpha value is -3.23. The molecular weight excluding hydrogens is 364 g/mol. The number of carboxylic acids is 1. The molecule has 1 aliphatic carbocycles. The molecule has 2 unspecified atom stereocenters. The number of aliphatic carboxylic acids is 1. The summed E-state index contributed by atoms with van der Waals surface area (Å²) in [5.41, 5.74) is 1.21. The number of hydrogen-bond acceptors (Lipinski definition) is 7. The highest BCUT2D eigenvalue weighted by molar-refractivity contribution is 5.89. The predicted octanol–water partition coefficient (Wildman–Crippen LogP) is 2.29. The number of pyridine rings is 1. The molecule has 3 N–H and O–H groups in total. The lowest BCUT2D eigenvalue weighted by atomic mass is 9.88. The van der Waals surface area contributed by atoms with Gasteiger partial charge in [0.2, 0.25) is 17.6 Å². The van der Waals surface area contributed by atoms with Crippen molar-refractivity contribution in [3.8, 4) is 17.3 Å². The number of aromatic hydroxyl groups is 1. The SMILES string of the molecule is CC1CCC(C(=O)O)=C(NC(=O)C(C)Cc2nc(-c3ccc(O)cn3)no2)C1. The van der Waals surface area contributed by atoms with Gasteiger partial charge in [-0.15, -0.1) is 0 Å². The van der Waals surface area contributed by atoms with Crippen LogP contribution in [-0.4, -0.2) is 37.2 Å². The summed E-state index contributed by atoms with van der Waals surface area (Å²) in [6, 6.07) is 3.03. The standard InChI is InChI=1S/C19H22N4O5/c1-10-3-5-13(19(26)27)15(7-10)21-18(25)11(2)8-16-22-17(23-28-16)14-6-4-12(24)9-20-14/h4,6,9-11,24H,3,5,7-8H2,1-2H3,(H,21,25)(H,26,27). The fraction of sp³-hybridized carbons (Fsp3) is 0.421. The van der Waals surface area contributed by atoms with Crippen LogP contribution in [0.15, 0.2) is 34.1 Å². The van der Waals surface area contributed by atoms with Crippen molar-refractivity contribution in [1.82, 2.24) is 20.4 Å². The third-order valence-electron chi connectivity index (χ3n) is 4.71. The maximum absolute atomic E-state index is 12.5. The topological polar surface area (TPSA) is 138 Å². The van der Waals surface area contributed by atoms with E-state index in [0.29, 0.717) is 30.2 Å². The zero-order valence-corrected chi connectivity index (χ0v) is 15.7. The van der Waals surface area contributed by atoms with Gasteiger partial charge in [-0.05, 0) is 37.3 Å². The summed E-state index contributed by atoms with van der Waals surface area (Å²) >= 11 is 0. The number of hydrogen-bond donors (Lipinski definition) is 3. The number of rotatable bonds is 6. The van der Waals surface area contributed by atoms with Crippen molar-refractivity contribution in [2.24, 2.45) is 11.8 Å². The zero-order valence-electron chi connectivity index (χ0n) is 15.7. The van der Waals surface area contributed by atoms with Crippen LogP contribution in [0.1, 0.15) is 39.0 Å². The normalized spacial score (nSPS) is 18.0. The van der Waals surface area contributed by atoms with Crippen LogP contribution in [0.3, 0.4) is 0 Å². The Morgan fingerprint density at radius 2 is 2.18 bits per heavy atom. The van der Waals surface area contributed by atoms with Crippen molar-refractivity contribution in [2.75, 3.05) is 0 Å². The number of nitrogens with zero attached hydrogens (tertiary/aromatic N) is 3. The van der Waals surface area contributed by atoms with Crippen LogP contribution < -0.4 is 5.32 Å². The van der Waals surface area contributed by atoms with Crippen LogP contribution in [0.4, 0.5) is 0 Å². The van der Waals surface area contributed by atoms with Crippen molar-refractivity contribution in [2.45, 2.75) is 39.5 Å². The average molecular weight is 386 g/mol. The maximum atomic E-state index is 12.5. The van der Waals surface area contributed by atoms with Crippen LogP contribution >= 0.6 is 0 Å². The van der Waals surface area contributed by atoms with E-state index in [1.54, 1.807) is 13.0 Å². The molecule has 28 heavy (non-hydrogen) atoms. The van der Waals surface area contributed by atoms with E-state index in [-0.39, 0.29) is 35.4 Å². The molecule has 1 amide bonds. The largest absolute Gasteiger partial charge is 0.506 e. The van der Waals surface area contributed by atoms with Crippen LogP contribution in [0.5, 0.6) is 5.75 Å². The van der Waals surface area contributed by atoms with E-state index < -0.39 is 11.9 Å². The number of nitrogens with one attached hydrogen (secondary N) is 1. The Labute approximate surface area is 161 Å². The lowest BCUT2D eigenvalue weighted by Crippen LogP contribution is -2.33. The first-order valence-corrected chi connectivity index (χ1v) is 9.07. The first-order valence-electron chi connectivity index (χ1n) is 9.07. The molecule has 0 radical (unpaired) electrons. The van der Waals surface area contributed by atoms with Gasteiger partial charge < -0.3 is 20.1 Å². The van der Waals surface area contributed by atoms with Gasteiger partial charge in [0, 0.05) is 18.0 Å². The van der Waals surface area contributed by atoms with Crippen molar-refractivity contribution < 1.29 is 24.3 Å². The fourth-order valence-corrected chi connectivity index (χ4v) is 3.06. The summed E-state index contributed by atoms with van der Waals surface area (Å²) in [4.78, 5) is 32.2. The molecule has 0 saturated heterocycles. The molecule has 2 heterocycles. The number of carbonyl (C=O) groups excluding carboxylic acids is 1. The van der Waals surface area contributed by atoms with Crippen molar-refractivity contribution in [3.63, 3.8) is 0 Å². The molecule has 0 aliphatic heterocycles. The maximum Gasteiger partial charge on any atom is 0.333 e. The van der Waals surface area contributed by atoms with Crippen molar-refractivity contribution >= 4 is 11.9 Å². The summed E-state index contributed by atoms with van der Waals surface area (Å²) in [5.74, 6) is -0.865. The van der Waals surface area contributed by atoms with E-state index >= 15 is 0 Å². The van der Waals surface area contributed by atoms with Crippen LogP contribution in [0.25, 0.3) is 11.5 Å². The molecule has 0 saturated carbocycles. The first-order chi connectivity index (χ1) is 13.3. The molecule has 0 spiro atoms. The van der Waals surface area contributed by atoms with E-state index in [2.05, 4.69) is 20.4 Å². The quantitative estimate of drug-likeness (QED) is 0.687. The predicted molar refractivity (Wildman–Crippen MR) is 97.9 cm³/mol. The van der Waals surface area contributed by atoms with E-state index in [0.717, 1.165) is 6.42 Å². The van der Waals surface area contributed by atoms with Gasteiger partial charge in [0.1, 0.15) is 11.4 Å². The second kappa shape index (κ2) is 8.20. The van der Waals surface area contributed by atoms with Gasteiger partial charge in [0.05, 0.1) is 11.8 Å². The first kappa shape index (κ1) is 19.5. The molecular formula is C19H22N4O5. The minimum atomic E-state index is -0.988. The Balaban J connectivity index is 1.66. The Morgan fingerprint density at radius 1 is 1.39 bits per heavy atom. The number of carboxylic acid groups (broad SMARTS) is 1. The highest BCUT2D eigenvalue weighted by Crippen LogP contribution is 2.28. The minimum Gasteiger partial charge on any atom is -0.506 e. The smallest absolute Gasteiger partial charge is 0.333 e. The number of allylic oxidation sites excluding steroid dienone is 1. The second-order valence-electron chi connectivity index (χ2n) is 7.12. The molecule has 9 nitrogen and oxygen atoms in total.